The maximum absolute atomic E-state index is 12.9. The van der Waals surface area contributed by atoms with Gasteiger partial charge in [0.1, 0.15) is 6.54 Å². The van der Waals surface area contributed by atoms with Gasteiger partial charge in [-0.3, -0.25) is 9.59 Å². The first-order valence-electron chi connectivity index (χ1n) is 8.83. The number of halogens is 2. The molecule has 2 aromatic rings. The molecular formula is C18H22F2N4O2S. The zero-order valence-corrected chi connectivity index (χ0v) is 16.1. The van der Waals surface area contributed by atoms with Gasteiger partial charge < -0.3 is 14.4 Å². The molecule has 0 atom stereocenters. The number of aromatic nitrogens is 2. The first kappa shape index (κ1) is 19.6. The van der Waals surface area contributed by atoms with E-state index >= 15 is 0 Å². The lowest BCUT2D eigenvalue weighted by Gasteiger charge is -2.35. The minimum atomic E-state index is -2.61. The number of rotatable bonds is 5. The van der Waals surface area contributed by atoms with Crippen molar-refractivity contribution in [2.45, 2.75) is 31.3 Å². The van der Waals surface area contributed by atoms with Crippen molar-refractivity contribution in [1.82, 2.24) is 19.4 Å². The summed E-state index contributed by atoms with van der Waals surface area (Å²) in [6.07, 6.45) is 0. The van der Waals surface area contributed by atoms with Gasteiger partial charge in [-0.15, -0.1) is 0 Å². The van der Waals surface area contributed by atoms with Gasteiger partial charge in [-0.1, -0.05) is 26.0 Å². The monoisotopic (exact) mass is 396 g/mol. The van der Waals surface area contributed by atoms with Crippen molar-refractivity contribution in [3.05, 3.63) is 24.3 Å². The Kier molecular flexibility index (Phi) is 5.98. The Balaban J connectivity index is 1.72. The normalized spacial score (nSPS) is 15.2. The lowest BCUT2D eigenvalue weighted by molar-refractivity contribution is -0.141. The molecule has 1 saturated heterocycles. The zero-order chi connectivity index (χ0) is 19.6. The van der Waals surface area contributed by atoms with Gasteiger partial charge in [0, 0.05) is 32.1 Å². The van der Waals surface area contributed by atoms with Crippen molar-refractivity contribution in [3.63, 3.8) is 0 Å². The molecule has 1 aromatic carbocycles. The van der Waals surface area contributed by atoms with E-state index < -0.39 is 5.76 Å². The van der Waals surface area contributed by atoms with Crippen LogP contribution in [0.2, 0.25) is 0 Å². The van der Waals surface area contributed by atoms with Crippen molar-refractivity contribution in [1.29, 1.82) is 0 Å². The van der Waals surface area contributed by atoms with Crippen LogP contribution >= 0.6 is 11.8 Å². The average Bonchev–Trinajstić information content (AvgIpc) is 2.97. The summed E-state index contributed by atoms with van der Waals surface area (Å²) in [6, 6.07) is 7.08. The van der Waals surface area contributed by atoms with Crippen LogP contribution < -0.4 is 0 Å². The van der Waals surface area contributed by atoms with Crippen LogP contribution in [0.5, 0.6) is 0 Å². The standard InChI is InChI=1S/C18H22F2N4O2S/c1-12(2)16(26)23-9-7-22(8-10-23)15(25)11-24-14-6-4-3-5-13(14)21-18(24)27-17(19)20/h3-6,12,17H,7-11H2,1-2H3. The van der Waals surface area contributed by atoms with Gasteiger partial charge in [0.05, 0.1) is 11.0 Å². The topological polar surface area (TPSA) is 58.4 Å². The number of nitrogens with zero attached hydrogens (tertiary/aromatic N) is 4. The Hall–Kier alpha value is -2.16. The highest BCUT2D eigenvalue weighted by Gasteiger charge is 2.26. The molecule has 3 rings (SSSR count). The van der Waals surface area contributed by atoms with Gasteiger partial charge in [-0.05, 0) is 23.9 Å². The summed E-state index contributed by atoms with van der Waals surface area (Å²) in [6.45, 7) is 5.53. The SMILES string of the molecule is CC(C)C(=O)N1CCN(C(=O)Cn2c(SC(F)F)nc3ccccc32)CC1. The van der Waals surface area contributed by atoms with Gasteiger partial charge in [-0.25, -0.2) is 4.98 Å². The molecule has 0 bridgehead atoms. The fourth-order valence-electron chi connectivity index (χ4n) is 3.15. The van der Waals surface area contributed by atoms with Gasteiger partial charge in [0.15, 0.2) is 5.16 Å². The quantitative estimate of drug-likeness (QED) is 0.729. The highest BCUT2D eigenvalue weighted by Crippen LogP contribution is 2.28. The van der Waals surface area contributed by atoms with Crippen LogP contribution in [-0.4, -0.2) is 63.1 Å². The van der Waals surface area contributed by atoms with E-state index in [0.717, 1.165) is 0 Å². The molecule has 0 aliphatic carbocycles. The second-order valence-corrected chi connectivity index (χ2v) is 7.67. The lowest BCUT2D eigenvalue weighted by Crippen LogP contribution is -2.52. The summed E-state index contributed by atoms with van der Waals surface area (Å²) < 4.78 is 27.3. The van der Waals surface area contributed by atoms with Crippen LogP contribution in [0, 0.1) is 5.92 Å². The molecule has 6 nitrogen and oxygen atoms in total. The minimum absolute atomic E-state index is 0.0479. The molecular weight excluding hydrogens is 374 g/mol. The largest absolute Gasteiger partial charge is 0.339 e. The number of hydrogen-bond donors (Lipinski definition) is 0. The number of thioether (sulfide) groups is 1. The summed E-state index contributed by atoms with van der Waals surface area (Å²) >= 11 is 0.342. The summed E-state index contributed by atoms with van der Waals surface area (Å²) in [7, 11) is 0. The zero-order valence-electron chi connectivity index (χ0n) is 15.3. The van der Waals surface area contributed by atoms with Gasteiger partial charge in [-0.2, -0.15) is 8.78 Å². The summed E-state index contributed by atoms with van der Waals surface area (Å²) in [5.41, 5.74) is 1.24. The molecule has 27 heavy (non-hydrogen) atoms. The predicted molar refractivity (Wildman–Crippen MR) is 99.6 cm³/mol. The van der Waals surface area contributed by atoms with Crippen molar-refractivity contribution in [3.8, 4) is 0 Å². The number of benzene rings is 1. The van der Waals surface area contributed by atoms with Crippen molar-refractivity contribution >= 4 is 34.6 Å². The molecule has 1 aliphatic rings. The molecule has 146 valence electrons. The number of piperazine rings is 1. The number of alkyl halides is 2. The van der Waals surface area contributed by atoms with Crippen LogP contribution in [0.15, 0.2) is 29.4 Å². The smallest absolute Gasteiger partial charge is 0.291 e. The Morgan fingerprint density at radius 2 is 1.74 bits per heavy atom. The minimum Gasteiger partial charge on any atom is -0.339 e. The maximum atomic E-state index is 12.9. The van der Waals surface area contributed by atoms with Crippen LogP contribution in [0.1, 0.15) is 13.8 Å². The first-order chi connectivity index (χ1) is 12.9. The maximum Gasteiger partial charge on any atom is 0.291 e. The van der Waals surface area contributed by atoms with Gasteiger partial charge in [0.25, 0.3) is 5.76 Å². The highest BCUT2D eigenvalue weighted by molar-refractivity contribution is 7.99. The number of hydrogen-bond acceptors (Lipinski definition) is 4. The number of carbonyl (C=O) groups excluding carboxylic acids is 2. The fraction of sp³-hybridized carbons (Fsp3) is 0.500. The summed E-state index contributed by atoms with van der Waals surface area (Å²) in [5, 5.41) is 0.133. The Morgan fingerprint density at radius 3 is 2.37 bits per heavy atom. The lowest BCUT2D eigenvalue weighted by atomic mass is 10.1. The van der Waals surface area contributed by atoms with Gasteiger partial charge >= 0.3 is 0 Å². The average molecular weight is 396 g/mol. The molecule has 0 spiro atoms. The van der Waals surface area contributed by atoms with Crippen LogP contribution in [0.25, 0.3) is 11.0 Å². The second kappa shape index (κ2) is 8.24. The van der Waals surface area contributed by atoms with E-state index in [9.17, 15) is 18.4 Å². The van der Waals surface area contributed by atoms with Crippen LogP contribution in [0.4, 0.5) is 8.78 Å². The molecule has 2 heterocycles. The molecule has 0 radical (unpaired) electrons. The molecule has 1 aromatic heterocycles. The van der Waals surface area contributed by atoms with Crippen molar-refractivity contribution in [2.75, 3.05) is 26.2 Å². The molecule has 0 N–H and O–H groups in total. The third-order valence-electron chi connectivity index (χ3n) is 4.55. The van der Waals surface area contributed by atoms with E-state index in [1.807, 2.05) is 13.8 Å². The molecule has 1 fully saturated rings. The Morgan fingerprint density at radius 1 is 1.11 bits per heavy atom. The molecule has 0 saturated carbocycles. The third-order valence-corrected chi connectivity index (χ3v) is 5.25. The van der Waals surface area contributed by atoms with Crippen LogP contribution in [0.3, 0.4) is 0 Å². The van der Waals surface area contributed by atoms with E-state index in [4.69, 9.17) is 0 Å². The fourth-order valence-corrected chi connectivity index (χ4v) is 3.75. The van der Waals surface area contributed by atoms with Crippen molar-refractivity contribution in [2.24, 2.45) is 5.92 Å². The summed E-state index contributed by atoms with van der Waals surface area (Å²) in [5.74, 6) is -2.76. The van der Waals surface area contributed by atoms with E-state index in [0.29, 0.717) is 49.0 Å². The highest BCUT2D eigenvalue weighted by atomic mass is 32.2. The second-order valence-electron chi connectivity index (χ2n) is 6.71. The van der Waals surface area contributed by atoms with E-state index in [-0.39, 0.29) is 29.4 Å². The molecule has 1 aliphatic heterocycles. The van der Waals surface area contributed by atoms with E-state index in [1.165, 1.54) is 0 Å². The third kappa shape index (κ3) is 4.40. The van der Waals surface area contributed by atoms with Crippen LogP contribution in [-0.2, 0) is 16.1 Å². The van der Waals surface area contributed by atoms with Crippen molar-refractivity contribution < 1.29 is 18.4 Å². The molecule has 9 heteroatoms. The first-order valence-corrected chi connectivity index (χ1v) is 9.71. The number of amides is 2. The number of para-hydroxylation sites is 2. The number of fused-ring (bicyclic) bond motifs is 1. The van der Waals surface area contributed by atoms with E-state index in [2.05, 4.69) is 4.98 Å². The molecule has 0 unspecified atom stereocenters. The Labute approximate surface area is 160 Å². The summed E-state index contributed by atoms with van der Waals surface area (Å²) in [4.78, 5) is 32.5. The van der Waals surface area contributed by atoms with Gasteiger partial charge in [0.2, 0.25) is 11.8 Å². The predicted octanol–water partition coefficient (Wildman–Crippen LogP) is 2.68. The Bertz CT molecular complexity index is 832. The molecule has 2 amide bonds. The number of imidazole rings is 1. The number of carbonyl (C=O) groups is 2. The van der Waals surface area contributed by atoms with E-state index in [1.54, 1.807) is 38.6 Å².